The Labute approximate surface area is 203 Å². The van der Waals surface area contributed by atoms with Crippen molar-refractivity contribution in [2.45, 2.75) is 51.4 Å². The molecule has 0 unspecified atom stereocenters. The Kier molecular flexibility index (Phi) is 6.43. The third-order valence-electron chi connectivity index (χ3n) is 6.36. The van der Waals surface area contributed by atoms with Crippen LogP contribution in [0.5, 0.6) is 0 Å². The second-order valence-electron chi connectivity index (χ2n) is 8.61. The fraction of sp³-hybridized carbons (Fsp3) is 0.346. The van der Waals surface area contributed by atoms with E-state index in [4.69, 9.17) is 9.15 Å². The number of thioether (sulfide) groups is 1. The van der Waals surface area contributed by atoms with Crippen LogP contribution in [0.25, 0.3) is 17.1 Å². The van der Waals surface area contributed by atoms with E-state index in [1.54, 1.807) is 6.26 Å². The first-order valence-electron chi connectivity index (χ1n) is 11.5. The molecule has 1 aliphatic rings. The van der Waals surface area contributed by atoms with Crippen LogP contribution in [-0.4, -0.2) is 43.6 Å². The van der Waals surface area contributed by atoms with E-state index in [9.17, 15) is 4.79 Å². The van der Waals surface area contributed by atoms with Gasteiger partial charge in [0.05, 0.1) is 23.7 Å². The summed E-state index contributed by atoms with van der Waals surface area (Å²) in [6.45, 7) is 7.61. The lowest BCUT2D eigenvalue weighted by Gasteiger charge is -2.14. The Bertz CT molecular complexity index is 1300. The molecule has 0 bridgehead atoms. The number of ether oxygens (including phenoxy) is 1. The molecular formula is C26H28N4O3S. The molecule has 1 fully saturated rings. The van der Waals surface area contributed by atoms with Gasteiger partial charge in [0.1, 0.15) is 5.76 Å². The number of rotatable bonds is 8. The maximum Gasteiger partial charge on any atom is 0.196 e. The van der Waals surface area contributed by atoms with Gasteiger partial charge in [-0.3, -0.25) is 9.36 Å². The van der Waals surface area contributed by atoms with Gasteiger partial charge in [-0.1, -0.05) is 30.0 Å². The summed E-state index contributed by atoms with van der Waals surface area (Å²) in [4.78, 5) is 13.2. The van der Waals surface area contributed by atoms with Gasteiger partial charge >= 0.3 is 0 Å². The van der Waals surface area contributed by atoms with Crippen LogP contribution in [0.1, 0.15) is 40.3 Å². The molecule has 5 rings (SSSR count). The monoisotopic (exact) mass is 476 g/mol. The molecule has 176 valence electrons. The molecule has 34 heavy (non-hydrogen) atoms. The van der Waals surface area contributed by atoms with Crippen LogP contribution in [0.15, 0.2) is 58.3 Å². The summed E-state index contributed by atoms with van der Waals surface area (Å²) in [5.74, 6) is 1.83. The molecule has 4 aromatic rings. The number of nitrogens with zero attached hydrogens (tertiary/aromatic N) is 4. The van der Waals surface area contributed by atoms with Crippen molar-refractivity contribution in [3.63, 3.8) is 0 Å². The lowest BCUT2D eigenvalue weighted by Crippen LogP contribution is -2.17. The van der Waals surface area contributed by atoms with Crippen molar-refractivity contribution in [1.29, 1.82) is 0 Å². The highest BCUT2D eigenvalue weighted by atomic mass is 32.2. The molecule has 0 radical (unpaired) electrons. The van der Waals surface area contributed by atoms with Crippen LogP contribution in [0.2, 0.25) is 0 Å². The molecule has 0 amide bonds. The number of carbonyl (C=O) groups excluding carboxylic acids is 1. The Morgan fingerprint density at radius 3 is 2.68 bits per heavy atom. The standard InChI is InChI=1S/C26H28N4O3S/c1-17-14-23(18(2)29(17)15-21-10-7-12-33-21)24(31)16-34-26-28-27-25(22-11-13-32-19(22)3)30(26)20-8-5-4-6-9-20/h4-6,8-9,11,13-14,21H,7,10,12,15-16H2,1-3H3/t21-/m0/s1. The van der Waals surface area contributed by atoms with E-state index < -0.39 is 0 Å². The number of para-hydroxylation sites is 1. The summed E-state index contributed by atoms with van der Waals surface area (Å²) in [6, 6.07) is 13.8. The number of hydrogen-bond acceptors (Lipinski definition) is 6. The molecule has 1 aromatic carbocycles. The van der Waals surface area contributed by atoms with E-state index in [0.717, 1.165) is 60.0 Å². The van der Waals surface area contributed by atoms with Gasteiger partial charge in [0, 0.05) is 35.8 Å². The third-order valence-corrected chi connectivity index (χ3v) is 7.29. The Morgan fingerprint density at radius 1 is 1.15 bits per heavy atom. The molecule has 1 saturated heterocycles. The van der Waals surface area contributed by atoms with Crippen molar-refractivity contribution in [3.05, 3.63) is 71.4 Å². The maximum absolute atomic E-state index is 13.2. The average molecular weight is 477 g/mol. The van der Waals surface area contributed by atoms with Crippen molar-refractivity contribution in [2.24, 2.45) is 0 Å². The molecule has 0 N–H and O–H groups in total. The van der Waals surface area contributed by atoms with Gasteiger partial charge in [-0.05, 0) is 57.9 Å². The molecule has 1 atom stereocenters. The van der Waals surface area contributed by atoms with Gasteiger partial charge in [-0.25, -0.2) is 0 Å². The van der Waals surface area contributed by atoms with Crippen molar-refractivity contribution >= 4 is 17.5 Å². The SMILES string of the molecule is Cc1occc1-c1nnc(SCC(=O)c2cc(C)n(C[C@@H]3CCCO3)c2C)n1-c1ccccc1. The summed E-state index contributed by atoms with van der Waals surface area (Å²) < 4.78 is 15.5. The summed E-state index contributed by atoms with van der Waals surface area (Å²) in [7, 11) is 0. The highest BCUT2D eigenvalue weighted by Crippen LogP contribution is 2.31. The molecule has 4 heterocycles. The van der Waals surface area contributed by atoms with Gasteiger partial charge < -0.3 is 13.7 Å². The second-order valence-corrected chi connectivity index (χ2v) is 9.55. The number of Topliss-reactive ketones (excluding diaryl/α,β-unsaturated/α-hetero) is 1. The van der Waals surface area contributed by atoms with Gasteiger partial charge in [0.15, 0.2) is 16.8 Å². The summed E-state index contributed by atoms with van der Waals surface area (Å²) in [5, 5.41) is 9.54. The summed E-state index contributed by atoms with van der Waals surface area (Å²) >= 11 is 1.40. The van der Waals surface area contributed by atoms with Crippen LogP contribution in [0.4, 0.5) is 0 Å². The first-order valence-corrected chi connectivity index (χ1v) is 12.5. The zero-order chi connectivity index (χ0) is 23.7. The van der Waals surface area contributed by atoms with E-state index in [0.29, 0.717) is 11.0 Å². The topological polar surface area (TPSA) is 75.1 Å². The van der Waals surface area contributed by atoms with E-state index in [1.165, 1.54) is 11.8 Å². The zero-order valence-corrected chi connectivity index (χ0v) is 20.5. The van der Waals surface area contributed by atoms with Crippen molar-refractivity contribution in [2.75, 3.05) is 12.4 Å². The largest absolute Gasteiger partial charge is 0.469 e. The minimum absolute atomic E-state index is 0.0837. The van der Waals surface area contributed by atoms with E-state index in [-0.39, 0.29) is 17.6 Å². The number of hydrogen-bond donors (Lipinski definition) is 0. The van der Waals surface area contributed by atoms with Gasteiger partial charge in [0.2, 0.25) is 0 Å². The third kappa shape index (κ3) is 4.35. The molecule has 0 saturated carbocycles. The molecule has 3 aromatic heterocycles. The second kappa shape index (κ2) is 9.64. The number of furan rings is 1. The van der Waals surface area contributed by atoms with Crippen LogP contribution in [0, 0.1) is 20.8 Å². The highest BCUT2D eigenvalue weighted by molar-refractivity contribution is 7.99. The average Bonchev–Trinajstić information content (AvgIpc) is 3.63. The van der Waals surface area contributed by atoms with Gasteiger partial charge in [-0.15, -0.1) is 10.2 Å². The molecule has 0 spiro atoms. The maximum atomic E-state index is 13.2. The Balaban J connectivity index is 1.39. The smallest absolute Gasteiger partial charge is 0.196 e. The summed E-state index contributed by atoms with van der Waals surface area (Å²) in [5.41, 5.74) is 4.67. The highest BCUT2D eigenvalue weighted by Gasteiger charge is 2.23. The van der Waals surface area contributed by atoms with Crippen LogP contribution < -0.4 is 0 Å². The molecule has 8 heteroatoms. The van der Waals surface area contributed by atoms with Crippen molar-refractivity contribution in [1.82, 2.24) is 19.3 Å². The van der Waals surface area contributed by atoms with E-state index >= 15 is 0 Å². The predicted octanol–water partition coefficient (Wildman–Crippen LogP) is 5.41. The number of benzene rings is 1. The number of aryl methyl sites for hydroxylation is 2. The summed E-state index contributed by atoms with van der Waals surface area (Å²) in [6.07, 6.45) is 4.06. The molecular weight excluding hydrogens is 448 g/mol. The fourth-order valence-electron chi connectivity index (χ4n) is 4.53. The van der Waals surface area contributed by atoms with Gasteiger partial charge in [-0.2, -0.15) is 0 Å². The predicted molar refractivity (Wildman–Crippen MR) is 132 cm³/mol. The zero-order valence-electron chi connectivity index (χ0n) is 19.7. The lowest BCUT2D eigenvalue weighted by molar-refractivity contribution is 0.0957. The first kappa shape index (κ1) is 22.7. The number of aromatic nitrogens is 4. The quantitative estimate of drug-likeness (QED) is 0.250. The first-order chi connectivity index (χ1) is 16.5. The number of ketones is 1. The van der Waals surface area contributed by atoms with Crippen molar-refractivity contribution in [3.8, 4) is 17.1 Å². The van der Waals surface area contributed by atoms with E-state index in [1.807, 2.05) is 60.9 Å². The molecule has 0 aliphatic carbocycles. The van der Waals surface area contributed by atoms with Gasteiger partial charge in [0.25, 0.3) is 0 Å². The minimum Gasteiger partial charge on any atom is -0.469 e. The molecule has 7 nitrogen and oxygen atoms in total. The number of carbonyl (C=O) groups is 1. The van der Waals surface area contributed by atoms with Crippen LogP contribution in [-0.2, 0) is 11.3 Å². The fourth-order valence-corrected chi connectivity index (χ4v) is 5.36. The van der Waals surface area contributed by atoms with Crippen LogP contribution in [0.3, 0.4) is 0 Å². The van der Waals surface area contributed by atoms with Crippen molar-refractivity contribution < 1.29 is 13.9 Å². The minimum atomic E-state index is 0.0837. The Morgan fingerprint density at radius 2 is 1.97 bits per heavy atom. The van der Waals surface area contributed by atoms with Crippen LogP contribution >= 0.6 is 11.8 Å². The lowest BCUT2D eigenvalue weighted by atomic mass is 10.2. The van der Waals surface area contributed by atoms with E-state index in [2.05, 4.69) is 21.7 Å². The normalized spacial score (nSPS) is 15.8. The molecule has 1 aliphatic heterocycles. The Hall–Kier alpha value is -3.10.